The SMILES string of the molecule is C/C=C/CC/C=C(/C)N. The van der Waals surface area contributed by atoms with Gasteiger partial charge in [0.15, 0.2) is 0 Å². The lowest BCUT2D eigenvalue weighted by molar-refractivity contribution is 1.03. The van der Waals surface area contributed by atoms with E-state index >= 15 is 0 Å². The van der Waals surface area contributed by atoms with Gasteiger partial charge in [-0.1, -0.05) is 18.2 Å². The molecule has 0 aliphatic heterocycles. The molecule has 0 radical (unpaired) electrons. The number of unbranched alkanes of at least 4 members (excludes halogenated alkanes) is 1. The Bertz CT molecular complexity index is 108. The smallest absolute Gasteiger partial charge is 0.000844 e. The molecule has 1 heteroatoms. The van der Waals surface area contributed by atoms with Crippen LogP contribution in [0.4, 0.5) is 0 Å². The molecule has 0 heterocycles. The number of allylic oxidation sites excluding steroid dienone is 4. The van der Waals surface area contributed by atoms with Gasteiger partial charge in [0.25, 0.3) is 0 Å². The normalized spacial score (nSPS) is 12.9. The molecule has 0 fully saturated rings. The summed E-state index contributed by atoms with van der Waals surface area (Å²) in [5.74, 6) is 0. The van der Waals surface area contributed by atoms with Crippen molar-refractivity contribution in [2.75, 3.05) is 0 Å². The van der Waals surface area contributed by atoms with Crippen LogP contribution in [0.5, 0.6) is 0 Å². The van der Waals surface area contributed by atoms with Gasteiger partial charge in [0.05, 0.1) is 0 Å². The zero-order chi connectivity index (χ0) is 7.11. The van der Waals surface area contributed by atoms with Gasteiger partial charge in [-0.05, 0) is 26.7 Å². The second-order valence-electron chi connectivity index (χ2n) is 2.09. The van der Waals surface area contributed by atoms with Crippen molar-refractivity contribution in [3.63, 3.8) is 0 Å². The molecule has 0 aromatic rings. The third-order valence-electron chi connectivity index (χ3n) is 1.04. The molecule has 9 heavy (non-hydrogen) atoms. The lowest BCUT2D eigenvalue weighted by atomic mass is 10.2. The van der Waals surface area contributed by atoms with Gasteiger partial charge in [-0.15, -0.1) is 0 Å². The summed E-state index contributed by atoms with van der Waals surface area (Å²) < 4.78 is 0. The van der Waals surface area contributed by atoms with Gasteiger partial charge in [0, 0.05) is 5.70 Å². The van der Waals surface area contributed by atoms with E-state index in [0.29, 0.717) is 0 Å². The summed E-state index contributed by atoms with van der Waals surface area (Å²) in [5.41, 5.74) is 6.33. The molecule has 0 aromatic carbocycles. The molecule has 2 N–H and O–H groups in total. The molecular formula is C8H15N. The molecule has 0 aliphatic carbocycles. The largest absolute Gasteiger partial charge is 0.403 e. The first kappa shape index (κ1) is 8.28. The van der Waals surface area contributed by atoms with Crippen LogP contribution in [0.2, 0.25) is 0 Å². The summed E-state index contributed by atoms with van der Waals surface area (Å²) in [6.07, 6.45) is 8.40. The highest BCUT2D eigenvalue weighted by molar-refractivity contribution is 4.93. The second-order valence-corrected chi connectivity index (χ2v) is 2.09. The van der Waals surface area contributed by atoms with Crippen LogP contribution < -0.4 is 5.73 Å². The van der Waals surface area contributed by atoms with Crippen LogP contribution in [0.25, 0.3) is 0 Å². The summed E-state index contributed by atoms with van der Waals surface area (Å²) >= 11 is 0. The third-order valence-corrected chi connectivity index (χ3v) is 1.04. The van der Waals surface area contributed by atoms with Crippen LogP contribution in [0.3, 0.4) is 0 Å². The van der Waals surface area contributed by atoms with E-state index in [1.807, 2.05) is 19.9 Å². The average Bonchev–Trinajstić information content (AvgIpc) is 1.80. The molecule has 0 bridgehead atoms. The first-order chi connectivity index (χ1) is 4.27. The zero-order valence-electron chi connectivity index (χ0n) is 6.22. The van der Waals surface area contributed by atoms with E-state index in [2.05, 4.69) is 12.2 Å². The maximum absolute atomic E-state index is 5.41. The Hall–Kier alpha value is -0.720. The van der Waals surface area contributed by atoms with Crippen molar-refractivity contribution in [3.8, 4) is 0 Å². The quantitative estimate of drug-likeness (QED) is 0.454. The summed E-state index contributed by atoms with van der Waals surface area (Å²) in [6.45, 7) is 3.94. The molecule has 0 rings (SSSR count). The second kappa shape index (κ2) is 5.42. The van der Waals surface area contributed by atoms with Crippen LogP contribution in [0, 0.1) is 0 Å². The summed E-state index contributed by atoms with van der Waals surface area (Å²) in [5, 5.41) is 0. The van der Waals surface area contributed by atoms with Crippen molar-refractivity contribution < 1.29 is 0 Å². The monoisotopic (exact) mass is 125 g/mol. The summed E-state index contributed by atoms with van der Waals surface area (Å²) in [7, 11) is 0. The van der Waals surface area contributed by atoms with Gasteiger partial charge >= 0.3 is 0 Å². The first-order valence-corrected chi connectivity index (χ1v) is 3.30. The zero-order valence-corrected chi connectivity index (χ0v) is 6.22. The lowest BCUT2D eigenvalue weighted by Crippen LogP contribution is -1.88. The molecule has 0 saturated heterocycles. The number of nitrogens with two attached hydrogens (primary N) is 1. The molecular weight excluding hydrogens is 110 g/mol. The van der Waals surface area contributed by atoms with Gasteiger partial charge in [-0.3, -0.25) is 0 Å². The molecule has 0 aromatic heterocycles. The van der Waals surface area contributed by atoms with Crippen molar-refractivity contribution >= 4 is 0 Å². The Labute approximate surface area is 57.3 Å². The van der Waals surface area contributed by atoms with E-state index in [1.54, 1.807) is 0 Å². The van der Waals surface area contributed by atoms with E-state index in [9.17, 15) is 0 Å². The summed E-state index contributed by atoms with van der Waals surface area (Å²) in [4.78, 5) is 0. The van der Waals surface area contributed by atoms with Crippen LogP contribution >= 0.6 is 0 Å². The number of hydrogen-bond donors (Lipinski definition) is 1. The highest BCUT2D eigenvalue weighted by Crippen LogP contribution is 1.93. The standard InChI is InChI=1S/C8H15N/c1-3-4-5-6-7-8(2)9/h3-4,7H,5-6,9H2,1-2H3/b4-3+,8-7-. The Morgan fingerprint density at radius 1 is 1.44 bits per heavy atom. The Balaban J connectivity index is 3.20. The fourth-order valence-electron chi connectivity index (χ4n) is 0.574. The predicted molar refractivity (Wildman–Crippen MR) is 42.0 cm³/mol. The Kier molecular flexibility index (Phi) is 4.98. The highest BCUT2D eigenvalue weighted by Gasteiger charge is 1.76. The van der Waals surface area contributed by atoms with E-state index in [1.165, 1.54) is 0 Å². The Morgan fingerprint density at radius 2 is 2.11 bits per heavy atom. The maximum Gasteiger partial charge on any atom is 0.000844 e. The van der Waals surface area contributed by atoms with Crippen LogP contribution in [0.1, 0.15) is 26.7 Å². The van der Waals surface area contributed by atoms with E-state index in [4.69, 9.17) is 5.73 Å². The highest BCUT2D eigenvalue weighted by atomic mass is 14.5. The van der Waals surface area contributed by atoms with Gasteiger partial charge in [-0.25, -0.2) is 0 Å². The maximum atomic E-state index is 5.41. The van der Waals surface area contributed by atoms with Crippen molar-refractivity contribution in [3.05, 3.63) is 23.9 Å². The molecule has 0 amide bonds. The van der Waals surface area contributed by atoms with Crippen LogP contribution in [-0.2, 0) is 0 Å². The molecule has 1 nitrogen and oxygen atoms in total. The minimum absolute atomic E-state index is 0.916. The number of rotatable bonds is 3. The van der Waals surface area contributed by atoms with Crippen molar-refractivity contribution in [1.82, 2.24) is 0 Å². The van der Waals surface area contributed by atoms with Gasteiger partial charge in [0.2, 0.25) is 0 Å². The van der Waals surface area contributed by atoms with Gasteiger partial charge in [-0.2, -0.15) is 0 Å². The molecule has 0 unspecified atom stereocenters. The van der Waals surface area contributed by atoms with Gasteiger partial charge in [0.1, 0.15) is 0 Å². The fourth-order valence-corrected chi connectivity index (χ4v) is 0.574. The average molecular weight is 125 g/mol. The van der Waals surface area contributed by atoms with Crippen molar-refractivity contribution in [2.24, 2.45) is 5.73 Å². The van der Waals surface area contributed by atoms with Crippen molar-refractivity contribution in [2.45, 2.75) is 26.7 Å². The predicted octanol–water partition coefficient (Wildman–Crippen LogP) is 2.21. The van der Waals surface area contributed by atoms with Crippen molar-refractivity contribution in [1.29, 1.82) is 0 Å². The lowest BCUT2D eigenvalue weighted by Gasteiger charge is -1.87. The molecule has 0 spiro atoms. The molecule has 0 atom stereocenters. The summed E-state index contributed by atoms with van der Waals surface area (Å²) in [6, 6.07) is 0. The fraction of sp³-hybridized carbons (Fsp3) is 0.500. The third kappa shape index (κ3) is 7.28. The van der Waals surface area contributed by atoms with Gasteiger partial charge < -0.3 is 5.73 Å². The minimum atomic E-state index is 0.916. The topological polar surface area (TPSA) is 26.0 Å². The minimum Gasteiger partial charge on any atom is -0.403 e. The van der Waals surface area contributed by atoms with Crippen LogP contribution in [0.15, 0.2) is 23.9 Å². The van der Waals surface area contributed by atoms with Crippen LogP contribution in [-0.4, -0.2) is 0 Å². The molecule has 0 saturated carbocycles. The van der Waals surface area contributed by atoms with E-state index in [0.717, 1.165) is 18.5 Å². The first-order valence-electron chi connectivity index (χ1n) is 3.30. The molecule has 52 valence electrons. The Morgan fingerprint density at radius 3 is 2.56 bits per heavy atom. The van der Waals surface area contributed by atoms with E-state index < -0.39 is 0 Å². The number of hydrogen-bond acceptors (Lipinski definition) is 1. The van der Waals surface area contributed by atoms with E-state index in [-0.39, 0.29) is 0 Å². The molecule has 0 aliphatic rings.